The predicted octanol–water partition coefficient (Wildman–Crippen LogP) is 2.97. The quantitative estimate of drug-likeness (QED) is 0.871. The SMILES string of the molecule is OC(Cc1nc(-c2ncc(Br)cc2Br)no1)C1CC1. The number of rotatable bonds is 4. The van der Waals surface area contributed by atoms with Gasteiger partial charge in [0, 0.05) is 15.1 Å². The van der Waals surface area contributed by atoms with Crippen LogP contribution in [0.5, 0.6) is 0 Å². The number of pyridine rings is 1. The minimum atomic E-state index is -0.380. The Morgan fingerprint density at radius 2 is 2.21 bits per heavy atom. The molecule has 0 spiro atoms. The van der Waals surface area contributed by atoms with Crippen LogP contribution in [0.4, 0.5) is 0 Å². The highest BCUT2D eigenvalue weighted by atomic mass is 79.9. The summed E-state index contributed by atoms with van der Waals surface area (Å²) in [6.07, 6.45) is 3.87. The zero-order valence-corrected chi connectivity index (χ0v) is 13.1. The van der Waals surface area contributed by atoms with Crippen molar-refractivity contribution in [2.45, 2.75) is 25.4 Å². The number of hydrogen-bond acceptors (Lipinski definition) is 5. The smallest absolute Gasteiger partial charge is 0.229 e. The molecule has 100 valence electrons. The van der Waals surface area contributed by atoms with Gasteiger partial charge in [-0.3, -0.25) is 4.98 Å². The molecule has 0 aromatic carbocycles. The summed E-state index contributed by atoms with van der Waals surface area (Å²) in [5.74, 6) is 1.27. The van der Waals surface area contributed by atoms with Crippen molar-refractivity contribution in [2.24, 2.45) is 5.92 Å². The number of aliphatic hydroxyl groups excluding tert-OH is 1. The first kappa shape index (κ1) is 13.2. The molecule has 1 atom stereocenters. The predicted molar refractivity (Wildman–Crippen MR) is 75.4 cm³/mol. The van der Waals surface area contributed by atoms with Gasteiger partial charge in [-0.25, -0.2) is 0 Å². The number of hydrogen-bond donors (Lipinski definition) is 1. The van der Waals surface area contributed by atoms with Gasteiger partial charge in [0.15, 0.2) is 0 Å². The monoisotopic (exact) mass is 387 g/mol. The second kappa shape index (κ2) is 5.30. The van der Waals surface area contributed by atoms with E-state index in [1.54, 1.807) is 6.20 Å². The van der Waals surface area contributed by atoms with Gasteiger partial charge in [0.25, 0.3) is 0 Å². The van der Waals surface area contributed by atoms with Gasteiger partial charge in [-0.1, -0.05) is 5.16 Å². The molecule has 19 heavy (non-hydrogen) atoms. The van der Waals surface area contributed by atoms with E-state index >= 15 is 0 Å². The number of aliphatic hydroxyl groups is 1. The summed E-state index contributed by atoms with van der Waals surface area (Å²) in [7, 11) is 0. The average molecular weight is 389 g/mol. The van der Waals surface area contributed by atoms with Gasteiger partial charge in [0.1, 0.15) is 5.69 Å². The molecule has 1 aliphatic rings. The first-order valence-corrected chi connectivity index (χ1v) is 7.54. The van der Waals surface area contributed by atoms with Crippen LogP contribution >= 0.6 is 31.9 Å². The molecule has 1 saturated carbocycles. The number of nitrogens with zero attached hydrogens (tertiary/aromatic N) is 3. The molecule has 1 N–H and O–H groups in total. The van der Waals surface area contributed by atoms with Crippen molar-refractivity contribution in [1.82, 2.24) is 15.1 Å². The fourth-order valence-electron chi connectivity index (χ4n) is 1.84. The fraction of sp³-hybridized carbons (Fsp3) is 0.417. The molecule has 1 unspecified atom stereocenters. The molecule has 1 aliphatic carbocycles. The third-order valence-corrected chi connectivity index (χ3v) is 4.08. The topological polar surface area (TPSA) is 72.0 Å². The van der Waals surface area contributed by atoms with Crippen LogP contribution in [0, 0.1) is 5.92 Å². The standard InChI is InChI=1S/C12H11Br2N3O2/c13-7-3-8(14)11(15-5-7)12-16-10(19-17-12)4-9(18)6-1-2-6/h3,5-6,9,18H,1-2,4H2. The fourth-order valence-corrected chi connectivity index (χ4v) is 3.00. The van der Waals surface area contributed by atoms with Crippen LogP contribution in [0.3, 0.4) is 0 Å². The minimum Gasteiger partial charge on any atom is -0.392 e. The molecule has 0 amide bonds. The van der Waals surface area contributed by atoms with Gasteiger partial charge in [0.05, 0.1) is 12.5 Å². The van der Waals surface area contributed by atoms with Crippen molar-refractivity contribution >= 4 is 31.9 Å². The zero-order valence-electron chi connectivity index (χ0n) is 9.88. The van der Waals surface area contributed by atoms with Crippen LogP contribution in [0.2, 0.25) is 0 Å². The maximum Gasteiger partial charge on any atom is 0.229 e. The van der Waals surface area contributed by atoms with Gasteiger partial charge in [-0.05, 0) is 56.7 Å². The number of halogens is 2. The molecule has 1 fully saturated rings. The highest BCUT2D eigenvalue weighted by molar-refractivity contribution is 9.11. The summed E-state index contributed by atoms with van der Waals surface area (Å²) in [5.41, 5.74) is 0.624. The molecule has 2 heterocycles. The van der Waals surface area contributed by atoms with E-state index in [0.29, 0.717) is 29.7 Å². The third kappa shape index (κ3) is 3.04. The Bertz CT molecular complexity index is 598. The van der Waals surface area contributed by atoms with Crippen LogP contribution < -0.4 is 0 Å². The lowest BCUT2D eigenvalue weighted by Gasteiger charge is -2.03. The molecular formula is C12H11Br2N3O2. The molecule has 3 rings (SSSR count). The van der Waals surface area contributed by atoms with Crippen molar-refractivity contribution in [3.63, 3.8) is 0 Å². The Labute approximate surface area is 126 Å². The molecule has 2 aromatic rings. The van der Waals surface area contributed by atoms with Gasteiger partial charge < -0.3 is 9.63 Å². The zero-order chi connectivity index (χ0) is 13.4. The molecule has 7 heteroatoms. The molecule has 0 saturated heterocycles. The van der Waals surface area contributed by atoms with Gasteiger partial charge in [-0.2, -0.15) is 4.98 Å². The summed E-state index contributed by atoms with van der Waals surface area (Å²) < 4.78 is 6.82. The largest absolute Gasteiger partial charge is 0.392 e. The van der Waals surface area contributed by atoms with Crippen LogP contribution in [0.15, 0.2) is 25.7 Å². The molecule has 5 nitrogen and oxygen atoms in total. The normalized spacial score (nSPS) is 16.6. The van der Waals surface area contributed by atoms with E-state index in [1.807, 2.05) is 6.07 Å². The highest BCUT2D eigenvalue weighted by Crippen LogP contribution is 2.34. The van der Waals surface area contributed by atoms with Gasteiger partial charge >= 0.3 is 0 Å². The van der Waals surface area contributed by atoms with Gasteiger partial charge in [-0.15, -0.1) is 0 Å². The van der Waals surface area contributed by atoms with Crippen molar-refractivity contribution in [1.29, 1.82) is 0 Å². The first-order chi connectivity index (χ1) is 9.13. The Morgan fingerprint density at radius 3 is 2.89 bits per heavy atom. The van der Waals surface area contributed by atoms with Gasteiger partial charge in [0.2, 0.25) is 11.7 Å². The van der Waals surface area contributed by atoms with E-state index < -0.39 is 0 Å². The van der Waals surface area contributed by atoms with E-state index in [1.165, 1.54) is 0 Å². The Hall–Kier alpha value is -0.790. The van der Waals surface area contributed by atoms with E-state index in [4.69, 9.17) is 4.52 Å². The third-order valence-electron chi connectivity index (χ3n) is 3.04. The van der Waals surface area contributed by atoms with E-state index in [2.05, 4.69) is 47.0 Å². The first-order valence-electron chi connectivity index (χ1n) is 5.95. The molecule has 0 bridgehead atoms. The maximum atomic E-state index is 9.85. The second-order valence-electron chi connectivity index (χ2n) is 4.60. The van der Waals surface area contributed by atoms with Crippen molar-refractivity contribution < 1.29 is 9.63 Å². The lowest BCUT2D eigenvalue weighted by molar-refractivity contribution is 0.140. The summed E-state index contributed by atoms with van der Waals surface area (Å²) >= 11 is 6.75. The van der Waals surface area contributed by atoms with Crippen molar-refractivity contribution in [3.8, 4) is 11.5 Å². The van der Waals surface area contributed by atoms with E-state index in [0.717, 1.165) is 21.8 Å². The second-order valence-corrected chi connectivity index (χ2v) is 6.37. The van der Waals surface area contributed by atoms with Crippen LogP contribution in [0.25, 0.3) is 11.5 Å². The maximum absolute atomic E-state index is 9.85. The molecular weight excluding hydrogens is 378 g/mol. The lowest BCUT2D eigenvalue weighted by Crippen LogP contribution is -2.12. The molecule has 0 radical (unpaired) electrons. The summed E-state index contributed by atoms with van der Waals surface area (Å²) in [4.78, 5) is 8.52. The highest BCUT2D eigenvalue weighted by Gasteiger charge is 2.31. The van der Waals surface area contributed by atoms with Crippen LogP contribution in [-0.2, 0) is 6.42 Å². The number of aromatic nitrogens is 3. The minimum absolute atomic E-state index is 0.380. The molecule has 0 aliphatic heterocycles. The average Bonchev–Trinajstić information content (AvgIpc) is 3.11. The lowest BCUT2D eigenvalue weighted by atomic mass is 10.2. The Morgan fingerprint density at radius 1 is 1.42 bits per heavy atom. The summed E-state index contributed by atoms with van der Waals surface area (Å²) in [6, 6.07) is 1.87. The van der Waals surface area contributed by atoms with Crippen LogP contribution in [0.1, 0.15) is 18.7 Å². The van der Waals surface area contributed by atoms with Crippen LogP contribution in [-0.4, -0.2) is 26.3 Å². The van der Waals surface area contributed by atoms with Crippen molar-refractivity contribution in [3.05, 3.63) is 27.1 Å². The Balaban J connectivity index is 1.79. The summed E-state index contributed by atoms with van der Waals surface area (Å²) in [6.45, 7) is 0. The Kier molecular flexibility index (Phi) is 3.68. The van der Waals surface area contributed by atoms with Crippen molar-refractivity contribution in [2.75, 3.05) is 0 Å². The molecule has 2 aromatic heterocycles. The summed E-state index contributed by atoms with van der Waals surface area (Å²) in [5, 5.41) is 13.8. The van der Waals surface area contributed by atoms with E-state index in [-0.39, 0.29) is 6.10 Å². The van der Waals surface area contributed by atoms with E-state index in [9.17, 15) is 5.11 Å².